The third-order valence-electron chi connectivity index (χ3n) is 10.8. The van der Waals surface area contributed by atoms with E-state index in [1.54, 1.807) is 53.4 Å². The van der Waals surface area contributed by atoms with Gasteiger partial charge in [-0.1, -0.05) is 90.9 Å². The topological polar surface area (TPSA) is 237 Å². The molecule has 0 aliphatic rings. The van der Waals surface area contributed by atoms with Crippen LogP contribution in [0, 0.1) is 0 Å². The molecule has 2 aromatic carbocycles. The molecule has 0 spiro atoms. The minimum Gasteiger partial charge on any atom is -0.484 e. The van der Waals surface area contributed by atoms with Gasteiger partial charge in [0.05, 0.1) is 23.5 Å². The third-order valence-corrected chi connectivity index (χ3v) is 10.8. The molecule has 0 unspecified atom stereocenters. The van der Waals surface area contributed by atoms with Crippen LogP contribution in [0.25, 0.3) is 0 Å². The highest BCUT2D eigenvalue weighted by Gasteiger charge is 2.22. The molecule has 0 fully saturated rings. The highest BCUT2D eigenvalue weighted by molar-refractivity contribution is 5.94. The summed E-state index contributed by atoms with van der Waals surface area (Å²) in [5, 5.41) is 14.3. The Morgan fingerprint density at radius 2 is 1.06 bits per heavy atom. The average Bonchev–Trinajstić information content (AvgIpc) is 3.28. The molecular weight excluding hydrogens is 785 g/mol. The summed E-state index contributed by atoms with van der Waals surface area (Å²) >= 11 is 0. The van der Waals surface area contributed by atoms with E-state index >= 15 is 0 Å². The molecule has 0 saturated carbocycles. The third kappa shape index (κ3) is 23.7. The van der Waals surface area contributed by atoms with E-state index in [0.29, 0.717) is 48.6 Å². The van der Waals surface area contributed by atoms with Gasteiger partial charge >= 0.3 is 0 Å². The van der Waals surface area contributed by atoms with Crippen molar-refractivity contribution in [3.63, 3.8) is 0 Å². The Kier molecular flexibility index (Phi) is 29.5. The summed E-state index contributed by atoms with van der Waals surface area (Å²) in [6, 6.07) is 12.5. The Hall–Kier alpha value is -4.44. The van der Waals surface area contributed by atoms with E-state index in [4.69, 9.17) is 27.7 Å². The molecular formula is C47H80N10O5. The number of ether oxygens (including phenoxy) is 1. The first-order chi connectivity index (χ1) is 30.1. The van der Waals surface area contributed by atoms with Crippen LogP contribution in [0.15, 0.2) is 58.8 Å². The molecule has 10 N–H and O–H groups in total. The van der Waals surface area contributed by atoms with E-state index < -0.39 is 12.1 Å². The van der Waals surface area contributed by atoms with E-state index in [-0.39, 0.29) is 56.4 Å². The lowest BCUT2D eigenvalue weighted by Crippen LogP contribution is -2.50. The van der Waals surface area contributed by atoms with Crippen molar-refractivity contribution in [3.8, 4) is 5.75 Å². The molecule has 2 rings (SSSR count). The van der Waals surface area contributed by atoms with Crippen LogP contribution in [-0.4, -0.2) is 104 Å². The van der Waals surface area contributed by atoms with Crippen LogP contribution >= 0.6 is 0 Å². The SMILES string of the molecule is CCCCCCCCN(CCCCCCCC)C(=O)COc1ccc(N=Nc2ccc(C(=O)NCCN(CCNC(=O)[C@@H](N)CCCCN)C(=O)[C@@H](N)CCCCN)cc2)cc1. The van der Waals surface area contributed by atoms with Crippen LogP contribution in [0.2, 0.25) is 0 Å². The molecule has 4 amide bonds. The van der Waals surface area contributed by atoms with Crippen LogP contribution in [0.1, 0.15) is 140 Å². The first-order valence-corrected chi connectivity index (χ1v) is 23.4. The maximum Gasteiger partial charge on any atom is 0.260 e. The number of benzene rings is 2. The van der Waals surface area contributed by atoms with Crippen LogP contribution in [0.4, 0.5) is 11.4 Å². The summed E-state index contributed by atoms with van der Waals surface area (Å²) in [7, 11) is 0. The van der Waals surface area contributed by atoms with Crippen LogP contribution in [0.5, 0.6) is 5.75 Å². The van der Waals surface area contributed by atoms with Crippen molar-refractivity contribution in [2.75, 3.05) is 59.0 Å². The molecule has 0 aliphatic carbocycles. The van der Waals surface area contributed by atoms with E-state index in [9.17, 15) is 19.2 Å². The minimum atomic E-state index is -0.717. The summed E-state index contributed by atoms with van der Waals surface area (Å²) in [6.07, 6.45) is 18.3. The minimum absolute atomic E-state index is 0.00159. The van der Waals surface area contributed by atoms with Gasteiger partial charge < -0.3 is 48.1 Å². The monoisotopic (exact) mass is 865 g/mol. The fraction of sp³-hybridized carbons (Fsp3) is 0.660. The van der Waals surface area contributed by atoms with E-state index in [0.717, 1.165) is 64.5 Å². The quantitative estimate of drug-likeness (QED) is 0.0319. The van der Waals surface area contributed by atoms with Crippen molar-refractivity contribution in [1.29, 1.82) is 0 Å². The van der Waals surface area contributed by atoms with Crippen molar-refractivity contribution >= 4 is 35.0 Å². The number of unbranched alkanes of at least 4 members (excludes halogenated alkanes) is 12. The average molecular weight is 865 g/mol. The summed E-state index contributed by atoms with van der Waals surface area (Å²) < 4.78 is 5.90. The smallest absolute Gasteiger partial charge is 0.260 e. The zero-order valence-corrected chi connectivity index (χ0v) is 38.0. The van der Waals surface area contributed by atoms with Gasteiger partial charge in [0.1, 0.15) is 5.75 Å². The normalized spacial score (nSPS) is 12.2. The molecule has 348 valence electrons. The number of hydrogen-bond donors (Lipinski definition) is 6. The van der Waals surface area contributed by atoms with E-state index in [1.807, 2.05) is 4.90 Å². The molecule has 2 aromatic rings. The van der Waals surface area contributed by atoms with Crippen molar-refractivity contribution in [2.24, 2.45) is 33.2 Å². The summed E-state index contributed by atoms with van der Waals surface area (Å²) in [6.45, 7) is 7.85. The number of nitrogens with two attached hydrogens (primary N) is 4. The van der Waals surface area contributed by atoms with Crippen LogP contribution in [-0.2, 0) is 14.4 Å². The van der Waals surface area contributed by atoms with Gasteiger partial charge in [0.15, 0.2) is 6.61 Å². The fourth-order valence-electron chi connectivity index (χ4n) is 6.86. The zero-order chi connectivity index (χ0) is 45.2. The van der Waals surface area contributed by atoms with Gasteiger partial charge in [-0.2, -0.15) is 10.2 Å². The molecule has 0 heterocycles. The Morgan fingerprint density at radius 3 is 1.60 bits per heavy atom. The second-order valence-electron chi connectivity index (χ2n) is 16.1. The maximum absolute atomic E-state index is 13.2. The maximum atomic E-state index is 13.2. The molecule has 0 saturated heterocycles. The highest BCUT2D eigenvalue weighted by Crippen LogP contribution is 2.22. The molecule has 0 radical (unpaired) electrons. The molecule has 0 bridgehead atoms. The highest BCUT2D eigenvalue weighted by atomic mass is 16.5. The van der Waals surface area contributed by atoms with Crippen LogP contribution < -0.4 is 38.3 Å². The Morgan fingerprint density at radius 1 is 0.581 bits per heavy atom. The van der Waals surface area contributed by atoms with Gasteiger partial charge in [-0.15, -0.1) is 0 Å². The molecule has 62 heavy (non-hydrogen) atoms. The van der Waals surface area contributed by atoms with Crippen molar-refractivity contribution < 1.29 is 23.9 Å². The lowest BCUT2D eigenvalue weighted by atomic mass is 10.1. The number of hydrogen-bond acceptors (Lipinski definition) is 11. The van der Waals surface area contributed by atoms with Gasteiger partial charge in [-0.05, 0) is 100 Å². The van der Waals surface area contributed by atoms with Crippen molar-refractivity contribution in [1.82, 2.24) is 20.4 Å². The van der Waals surface area contributed by atoms with Gasteiger partial charge in [0.2, 0.25) is 11.8 Å². The number of rotatable bonds is 36. The van der Waals surface area contributed by atoms with Gasteiger partial charge in [-0.3, -0.25) is 19.2 Å². The molecule has 0 aromatic heterocycles. The van der Waals surface area contributed by atoms with E-state index in [1.165, 1.54) is 51.4 Å². The second kappa shape index (κ2) is 34.1. The second-order valence-corrected chi connectivity index (χ2v) is 16.1. The lowest BCUT2D eigenvalue weighted by molar-refractivity contribution is -0.134. The molecule has 15 heteroatoms. The number of nitrogens with one attached hydrogen (secondary N) is 2. The zero-order valence-electron chi connectivity index (χ0n) is 38.0. The lowest BCUT2D eigenvalue weighted by Gasteiger charge is -2.26. The van der Waals surface area contributed by atoms with Gasteiger partial charge in [0, 0.05) is 44.8 Å². The molecule has 2 atom stereocenters. The van der Waals surface area contributed by atoms with Gasteiger partial charge in [-0.25, -0.2) is 0 Å². The Balaban J connectivity index is 1.89. The van der Waals surface area contributed by atoms with Crippen molar-refractivity contribution in [3.05, 3.63) is 54.1 Å². The number of carbonyl (C=O) groups is 4. The Labute approximate surface area is 371 Å². The summed E-state index contributed by atoms with van der Waals surface area (Å²) in [5.74, 6) is -0.251. The van der Waals surface area contributed by atoms with Gasteiger partial charge in [0.25, 0.3) is 11.8 Å². The number of azo groups is 1. The first kappa shape index (κ1) is 53.7. The first-order valence-electron chi connectivity index (χ1n) is 23.4. The predicted molar refractivity (Wildman–Crippen MR) is 250 cm³/mol. The molecule has 0 aliphatic heterocycles. The number of carbonyl (C=O) groups excluding carboxylic acids is 4. The summed E-state index contributed by atoms with van der Waals surface area (Å²) in [5.41, 5.74) is 25.0. The van der Waals surface area contributed by atoms with E-state index in [2.05, 4.69) is 34.7 Å². The molecule has 15 nitrogen and oxygen atoms in total. The van der Waals surface area contributed by atoms with Crippen LogP contribution in [0.3, 0.4) is 0 Å². The predicted octanol–water partition coefficient (Wildman–Crippen LogP) is 6.62. The summed E-state index contributed by atoms with van der Waals surface area (Å²) in [4.78, 5) is 55.5. The largest absolute Gasteiger partial charge is 0.484 e. The number of nitrogens with zero attached hydrogens (tertiary/aromatic N) is 4. The standard InChI is InChI=1S/C47H80N10O5/c1-3-5-7-9-11-17-33-56(34-18-12-10-8-6-4-2)44(58)37-62-41-27-25-40(26-28-41)55-54-39-23-21-38(22-24-39)45(59)52-31-35-57(47(61)43(51)20-14-16-30-49)36-32-53-46(60)42(50)19-13-15-29-48/h21-28,42-43H,3-20,29-37,48-51H2,1-2H3,(H,52,59)(H,53,60)/t42-,43-/m0/s1. The fourth-order valence-corrected chi connectivity index (χ4v) is 6.86. The van der Waals surface area contributed by atoms with Crippen molar-refractivity contribution in [2.45, 2.75) is 142 Å². The Bertz CT molecular complexity index is 1530. The number of amides is 4.